The van der Waals surface area contributed by atoms with Gasteiger partial charge in [-0.2, -0.15) is 0 Å². The normalized spacial score (nSPS) is 19.2. The van der Waals surface area contributed by atoms with Gasteiger partial charge in [0, 0.05) is 22.9 Å². The maximum Gasteiger partial charge on any atom is 0.334 e. The Morgan fingerprint density at radius 3 is 2.42 bits per heavy atom. The van der Waals surface area contributed by atoms with Crippen LogP contribution in [0.4, 0.5) is 0 Å². The Balaban J connectivity index is 2.64. The summed E-state index contributed by atoms with van der Waals surface area (Å²) in [7, 11) is 0. The van der Waals surface area contributed by atoms with Crippen molar-refractivity contribution < 1.29 is 9.90 Å². The fourth-order valence-corrected chi connectivity index (χ4v) is 2.66. The Bertz CT molecular complexity index is 587. The lowest BCUT2D eigenvalue weighted by Gasteiger charge is -2.28. The molecule has 0 amide bonds. The van der Waals surface area contributed by atoms with Crippen molar-refractivity contribution in [2.45, 2.75) is 19.8 Å². The molecular formula is C15H14NO2S. The topological polar surface area (TPSA) is 49.3 Å². The summed E-state index contributed by atoms with van der Waals surface area (Å²) in [5.74, 6) is -1.30. The van der Waals surface area contributed by atoms with Crippen molar-refractivity contribution in [1.29, 1.82) is 0 Å². The molecule has 1 unspecified atom stereocenters. The molecule has 2 N–H and O–H groups in total. The van der Waals surface area contributed by atoms with Crippen LogP contribution < -0.4 is 5.32 Å². The molecule has 1 aromatic rings. The van der Waals surface area contributed by atoms with E-state index in [1.807, 2.05) is 37.3 Å². The van der Waals surface area contributed by atoms with Crippen molar-refractivity contribution in [3.63, 3.8) is 0 Å². The van der Waals surface area contributed by atoms with Gasteiger partial charge in [0.25, 0.3) is 0 Å². The summed E-state index contributed by atoms with van der Waals surface area (Å²) < 4.78 is 0. The monoisotopic (exact) mass is 272 g/mol. The molecule has 1 heterocycles. The predicted molar refractivity (Wildman–Crippen MR) is 78.0 cm³/mol. The molecule has 1 aliphatic rings. The Labute approximate surface area is 117 Å². The Morgan fingerprint density at radius 2 is 1.89 bits per heavy atom. The van der Waals surface area contributed by atoms with Gasteiger partial charge in [0.2, 0.25) is 0 Å². The number of nitrogens with one attached hydrogen (secondary N) is 1. The van der Waals surface area contributed by atoms with Crippen LogP contribution in [0.2, 0.25) is 0 Å². The van der Waals surface area contributed by atoms with Gasteiger partial charge in [-0.15, -0.1) is 0 Å². The van der Waals surface area contributed by atoms with E-state index in [2.05, 4.69) is 10.7 Å². The first kappa shape index (κ1) is 13.5. The molecule has 2 rings (SSSR count). The minimum absolute atomic E-state index is 0.323. The highest BCUT2D eigenvalue weighted by Gasteiger charge is 2.31. The number of benzene rings is 1. The second kappa shape index (κ2) is 5.36. The zero-order valence-corrected chi connectivity index (χ0v) is 11.5. The minimum Gasteiger partial charge on any atom is -0.478 e. The molecule has 0 spiro atoms. The number of rotatable bonds is 3. The standard InChI is InChI=1S/C15H14NO2S/c1-9-12(8-19)14(11-6-4-3-5-7-11)13(15(17)18)10(2)16-9/h3-7,14,16H,1-2H3,(H,17,18). The Morgan fingerprint density at radius 1 is 1.26 bits per heavy atom. The average molecular weight is 272 g/mol. The van der Waals surface area contributed by atoms with Gasteiger partial charge in [-0.25, -0.2) is 4.79 Å². The van der Waals surface area contributed by atoms with Gasteiger partial charge in [0.15, 0.2) is 0 Å². The van der Waals surface area contributed by atoms with E-state index in [1.165, 1.54) is 0 Å². The van der Waals surface area contributed by atoms with Crippen LogP contribution in [0.1, 0.15) is 25.3 Å². The summed E-state index contributed by atoms with van der Waals surface area (Å²) in [4.78, 5) is 11.5. The maximum absolute atomic E-state index is 11.5. The van der Waals surface area contributed by atoms with Gasteiger partial charge in [0.1, 0.15) is 0 Å². The fourth-order valence-electron chi connectivity index (χ4n) is 2.39. The van der Waals surface area contributed by atoms with E-state index in [0.717, 1.165) is 11.3 Å². The van der Waals surface area contributed by atoms with Crippen molar-refractivity contribution in [2.75, 3.05) is 0 Å². The second-order valence-corrected chi connectivity index (χ2v) is 4.66. The van der Waals surface area contributed by atoms with Gasteiger partial charge in [-0.1, -0.05) is 42.5 Å². The maximum atomic E-state index is 11.5. The lowest BCUT2D eigenvalue weighted by atomic mass is 9.81. The number of aliphatic carboxylic acids is 1. The fraction of sp³-hybridized carbons (Fsp3) is 0.200. The summed E-state index contributed by atoms with van der Waals surface area (Å²) in [5.41, 5.74) is 3.44. The summed E-state index contributed by atoms with van der Waals surface area (Å²) in [6.45, 7) is 3.65. The van der Waals surface area contributed by atoms with Crippen LogP contribution in [0.15, 0.2) is 52.9 Å². The zero-order chi connectivity index (χ0) is 14.0. The van der Waals surface area contributed by atoms with Crippen LogP contribution in [-0.4, -0.2) is 16.4 Å². The van der Waals surface area contributed by atoms with Crippen LogP contribution in [0.25, 0.3) is 0 Å². The lowest BCUT2D eigenvalue weighted by Crippen LogP contribution is -2.28. The molecule has 1 radical (unpaired) electrons. The highest BCUT2D eigenvalue weighted by molar-refractivity contribution is 7.79. The number of hydrogen-bond donors (Lipinski definition) is 2. The quantitative estimate of drug-likeness (QED) is 0.831. The molecule has 97 valence electrons. The highest BCUT2D eigenvalue weighted by atomic mass is 32.1. The van der Waals surface area contributed by atoms with Crippen LogP contribution in [-0.2, 0) is 4.79 Å². The smallest absolute Gasteiger partial charge is 0.334 e. The third-order valence-electron chi connectivity index (χ3n) is 3.23. The molecule has 0 aliphatic carbocycles. The molecule has 4 heteroatoms. The second-order valence-electron chi connectivity index (χ2n) is 4.45. The average Bonchev–Trinajstić information content (AvgIpc) is 2.38. The molecule has 0 fully saturated rings. The van der Waals surface area contributed by atoms with Crippen molar-refractivity contribution in [3.05, 3.63) is 58.4 Å². The van der Waals surface area contributed by atoms with Gasteiger partial charge >= 0.3 is 5.97 Å². The van der Waals surface area contributed by atoms with Crippen molar-refractivity contribution in [2.24, 2.45) is 0 Å². The van der Waals surface area contributed by atoms with Gasteiger partial charge < -0.3 is 10.4 Å². The summed E-state index contributed by atoms with van der Waals surface area (Å²) >= 11 is 4.94. The molecular weight excluding hydrogens is 258 g/mol. The van der Waals surface area contributed by atoms with Gasteiger partial charge in [-0.3, -0.25) is 0 Å². The largest absolute Gasteiger partial charge is 0.478 e. The number of hydrogen-bond acceptors (Lipinski definition) is 3. The number of dihydropyridines is 1. The summed E-state index contributed by atoms with van der Waals surface area (Å²) in [6, 6.07) is 9.50. The number of carbonyl (C=O) groups is 1. The van der Waals surface area contributed by atoms with Crippen LogP contribution in [0, 0.1) is 0 Å². The SMILES string of the molecule is CC1=C([C]=S)C(c2ccccc2)C(C(=O)O)=C(C)N1. The van der Waals surface area contributed by atoms with E-state index in [0.29, 0.717) is 16.8 Å². The molecule has 3 nitrogen and oxygen atoms in total. The molecule has 0 bridgehead atoms. The first-order valence-corrected chi connectivity index (χ1v) is 6.32. The van der Waals surface area contributed by atoms with Crippen molar-refractivity contribution in [1.82, 2.24) is 5.32 Å². The molecule has 19 heavy (non-hydrogen) atoms. The number of carboxylic acids is 1. The number of carboxylic acid groups (broad SMARTS) is 1. The van der Waals surface area contributed by atoms with E-state index in [4.69, 9.17) is 12.2 Å². The third-order valence-corrected chi connectivity index (χ3v) is 3.45. The zero-order valence-electron chi connectivity index (χ0n) is 10.7. The summed E-state index contributed by atoms with van der Waals surface area (Å²) in [6.07, 6.45) is 0. The Kier molecular flexibility index (Phi) is 3.81. The number of thiocarbonyl (C=S) groups is 1. The predicted octanol–water partition coefficient (Wildman–Crippen LogP) is 2.88. The van der Waals surface area contributed by atoms with E-state index in [-0.39, 0.29) is 5.92 Å². The van der Waals surface area contributed by atoms with E-state index >= 15 is 0 Å². The Hall–Kier alpha value is -1.94. The van der Waals surface area contributed by atoms with Crippen LogP contribution in [0.3, 0.4) is 0 Å². The van der Waals surface area contributed by atoms with Gasteiger partial charge in [-0.05, 0) is 19.4 Å². The van der Waals surface area contributed by atoms with Crippen LogP contribution >= 0.6 is 12.2 Å². The van der Waals surface area contributed by atoms with E-state index in [9.17, 15) is 9.90 Å². The molecule has 1 aromatic carbocycles. The molecule has 0 aromatic heterocycles. The van der Waals surface area contributed by atoms with Gasteiger partial charge in [0.05, 0.1) is 10.9 Å². The third kappa shape index (κ3) is 2.44. The first-order chi connectivity index (χ1) is 9.06. The molecule has 0 saturated carbocycles. The number of allylic oxidation sites excluding steroid dienone is 3. The van der Waals surface area contributed by atoms with Crippen molar-refractivity contribution in [3.8, 4) is 0 Å². The van der Waals surface area contributed by atoms with E-state index < -0.39 is 5.97 Å². The molecule has 1 aliphatic heterocycles. The first-order valence-electron chi connectivity index (χ1n) is 5.91. The highest BCUT2D eigenvalue weighted by Crippen LogP contribution is 2.36. The molecule has 1 atom stereocenters. The van der Waals surface area contributed by atoms with Crippen molar-refractivity contribution >= 4 is 23.6 Å². The minimum atomic E-state index is -0.936. The summed E-state index contributed by atoms with van der Waals surface area (Å²) in [5, 5.41) is 15.2. The molecule has 0 saturated heterocycles. The van der Waals surface area contributed by atoms with E-state index in [1.54, 1.807) is 6.92 Å². The lowest BCUT2D eigenvalue weighted by molar-refractivity contribution is -0.133. The van der Waals surface area contributed by atoms with Crippen LogP contribution in [0.5, 0.6) is 0 Å².